The average Bonchev–Trinajstić information content (AvgIpc) is 2.83. The fourth-order valence-electron chi connectivity index (χ4n) is 3.92. The Labute approximate surface area is 222 Å². The molecule has 9 heteroatoms. The highest BCUT2D eigenvalue weighted by Crippen LogP contribution is 2.26. The molecule has 2 aromatic rings. The van der Waals surface area contributed by atoms with Crippen LogP contribution in [0, 0.1) is 26.7 Å². The first-order valence-corrected chi connectivity index (χ1v) is 14.1. The van der Waals surface area contributed by atoms with Crippen LogP contribution in [0.3, 0.4) is 0 Å². The third-order valence-electron chi connectivity index (χ3n) is 6.20. The number of anilines is 1. The van der Waals surface area contributed by atoms with Crippen molar-refractivity contribution in [1.29, 1.82) is 0 Å². The molecule has 0 saturated heterocycles. The van der Waals surface area contributed by atoms with Gasteiger partial charge >= 0.3 is 10.2 Å². The first kappa shape index (κ1) is 30.3. The molecule has 1 atom stereocenters. The van der Waals surface area contributed by atoms with Crippen LogP contribution < -0.4 is 9.62 Å². The number of nitrogens with one attached hydrogen (secondary N) is 1. The van der Waals surface area contributed by atoms with E-state index in [0.29, 0.717) is 18.7 Å². The van der Waals surface area contributed by atoms with Crippen molar-refractivity contribution in [2.45, 2.75) is 60.5 Å². The van der Waals surface area contributed by atoms with Crippen LogP contribution in [0.2, 0.25) is 0 Å². The van der Waals surface area contributed by atoms with Crippen molar-refractivity contribution in [1.82, 2.24) is 14.5 Å². The maximum absolute atomic E-state index is 13.9. The number of carbonyl (C=O) groups is 2. The van der Waals surface area contributed by atoms with Gasteiger partial charge in [-0.05, 0) is 55.9 Å². The van der Waals surface area contributed by atoms with E-state index in [1.165, 1.54) is 19.0 Å². The molecule has 1 N–H and O–H groups in total. The van der Waals surface area contributed by atoms with Gasteiger partial charge in [-0.3, -0.25) is 9.59 Å². The molecule has 0 heterocycles. The molecule has 0 aliphatic rings. The summed E-state index contributed by atoms with van der Waals surface area (Å²) in [4.78, 5) is 28.6. The zero-order chi connectivity index (χ0) is 27.9. The minimum atomic E-state index is -3.99. The lowest BCUT2D eigenvalue weighted by Crippen LogP contribution is -2.53. The molecule has 0 saturated carbocycles. The van der Waals surface area contributed by atoms with Crippen molar-refractivity contribution in [3.05, 3.63) is 64.7 Å². The molecule has 0 fully saturated rings. The van der Waals surface area contributed by atoms with E-state index in [0.717, 1.165) is 30.9 Å². The summed E-state index contributed by atoms with van der Waals surface area (Å²) in [6, 6.07) is 12.5. The fraction of sp³-hybridized carbons (Fsp3) is 0.500. The van der Waals surface area contributed by atoms with Crippen molar-refractivity contribution < 1.29 is 18.0 Å². The molecular weight excluding hydrogens is 488 g/mol. The predicted octanol–water partition coefficient (Wildman–Crippen LogP) is 3.80. The molecule has 2 amide bonds. The Kier molecular flexibility index (Phi) is 10.7. The zero-order valence-corrected chi connectivity index (χ0v) is 24.2. The van der Waals surface area contributed by atoms with Crippen molar-refractivity contribution in [3.63, 3.8) is 0 Å². The number of aryl methyl sites for hydroxylation is 3. The predicted molar refractivity (Wildman–Crippen MR) is 150 cm³/mol. The van der Waals surface area contributed by atoms with Crippen LogP contribution in [0.15, 0.2) is 42.5 Å². The van der Waals surface area contributed by atoms with Crippen molar-refractivity contribution in [2.75, 3.05) is 31.5 Å². The van der Waals surface area contributed by atoms with E-state index >= 15 is 0 Å². The lowest BCUT2D eigenvalue weighted by atomic mass is 10.1. The lowest BCUT2D eigenvalue weighted by Gasteiger charge is -2.34. The minimum Gasteiger partial charge on any atom is -0.354 e. The van der Waals surface area contributed by atoms with Crippen LogP contribution in [0.25, 0.3) is 0 Å². The lowest BCUT2D eigenvalue weighted by molar-refractivity contribution is -0.140. The monoisotopic (exact) mass is 530 g/mol. The van der Waals surface area contributed by atoms with Gasteiger partial charge in [0, 0.05) is 27.2 Å². The van der Waals surface area contributed by atoms with Crippen molar-refractivity contribution in [3.8, 4) is 0 Å². The molecule has 37 heavy (non-hydrogen) atoms. The Bertz CT molecular complexity index is 1180. The summed E-state index contributed by atoms with van der Waals surface area (Å²) in [5.74, 6) is -0.434. The summed E-state index contributed by atoms with van der Waals surface area (Å²) in [5, 5.41) is 2.94. The smallest absolute Gasteiger partial charge is 0.304 e. The van der Waals surface area contributed by atoms with Gasteiger partial charge in [-0.1, -0.05) is 62.7 Å². The summed E-state index contributed by atoms with van der Waals surface area (Å²) in [6.45, 7) is 11.8. The average molecular weight is 531 g/mol. The molecule has 0 radical (unpaired) electrons. The van der Waals surface area contributed by atoms with Gasteiger partial charge in [-0.15, -0.1) is 0 Å². The first-order chi connectivity index (χ1) is 17.3. The minimum absolute atomic E-state index is 0.190. The van der Waals surface area contributed by atoms with Gasteiger partial charge in [0.1, 0.15) is 12.6 Å². The van der Waals surface area contributed by atoms with E-state index in [1.54, 1.807) is 6.07 Å². The Hall–Kier alpha value is -2.91. The highest BCUT2D eigenvalue weighted by molar-refractivity contribution is 7.90. The van der Waals surface area contributed by atoms with Crippen molar-refractivity contribution >= 4 is 27.7 Å². The highest BCUT2D eigenvalue weighted by Gasteiger charge is 2.34. The Balaban J connectivity index is 2.53. The van der Waals surface area contributed by atoms with E-state index in [9.17, 15) is 18.0 Å². The maximum Gasteiger partial charge on any atom is 0.304 e. The topological polar surface area (TPSA) is 90.0 Å². The fourth-order valence-corrected chi connectivity index (χ4v) is 5.04. The summed E-state index contributed by atoms with van der Waals surface area (Å²) in [6.07, 6.45) is 0.394. The third-order valence-corrected chi connectivity index (χ3v) is 8.00. The number of hydrogen-bond donors (Lipinski definition) is 1. The molecule has 204 valence electrons. The summed E-state index contributed by atoms with van der Waals surface area (Å²) >= 11 is 0. The Morgan fingerprint density at radius 1 is 0.946 bits per heavy atom. The van der Waals surface area contributed by atoms with Gasteiger partial charge in [0.25, 0.3) is 0 Å². The molecule has 0 bridgehead atoms. The van der Waals surface area contributed by atoms with Gasteiger partial charge in [0.2, 0.25) is 11.8 Å². The second-order valence-electron chi connectivity index (χ2n) is 10.2. The summed E-state index contributed by atoms with van der Waals surface area (Å²) < 4.78 is 29.0. The number of carbonyl (C=O) groups excluding carboxylic acids is 2. The molecule has 0 aromatic heterocycles. The van der Waals surface area contributed by atoms with E-state index in [2.05, 4.69) is 5.32 Å². The number of benzene rings is 2. The second-order valence-corrected chi connectivity index (χ2v) is 12.2. The highest BCUT2D eigenvalue weighted by atomic mass is 32.2. The summed E-state index contributed by atoms with van der Waals surface area (Å²) in [5.41, 5.74) is 4.00. The van der Waals surface area contributed by atoms with E-state index in [-0.39, 0.29) is 18.4 Å². The van der Waals surface area contributed by atoms with Gasteiger partial charge in [0.15, 0.2) is 0 Å². The third kappa shape index (κ3) is 8.04. The quantitative estimate of drug-likeness (QED) is 0.452. The van der Waals surface area contributed by atoms with Crippen LogP contribution >= 0.6 is 0 Å². The molecule has 0 aliphatic heterocycles. The van der Waals surface area contributed by atoms with Gasteiger partial charge in [-0.25, -0.2) is 4.31 Å². The van der Waals surface area contributed by atoms with Crippen LogP contribution in [0.1, 0.15) is 49.4 Å². The Morgan fingerprint density at radius 2 is 1.54 bits per heavy atom. The van der Waals surface area contributed by atoms with Crippen LogP contribution in [-0.4, -0.2) is 62.7 Å². The molecule has 0 spiro atoms. The van der Waals surface area contributed by atoms with E-state index in [4.69, 9.17) is 0 Å². The second kappa shape index (κ2) is 13.1. The van der Waals surface area contributed by atoms with Crippen LogP contribution in [-0.2, 0) is 26.3 Å². The van der Waals surface area contributed by atoms with Gasteiger partial charge in [0.05, 0.1) is 5.69 Å². The standard InChI is InChI=1S/C28H42N4O4S/c1-9-25(28(34)29-17-20(2)3)31(18-24-14-11-21(4)12-15-24)27(33)19-32(37(35,36)30(7)8)26-16-22(5)10-13-23(26)6/h10-16,20,25H,9,17-19H2,1-8H3,(H,29,34)/t25-/m0/s1. The van der Waals surface area contributed by atoms with E-state index < -0.39 is 28.7 Å². The molecule has 0 aliphatic carbocycles. The van der Waals surface area contributed by atoms with Gasteiger partial charge < -0.3 is 10.2 Å². The first-order valence-electron chi connectivity index (χ1n) is 12.7. The zero-order valence-electron chi connectivity index (χ0n) is 23.4. The van der Waals surface area contributed by atoms with Crippen LogP contribution in [0.5, 0.6) is 0 Å². The molecular formula is C28H42N4O4S. The largest absolute Gasteiger partial charge is 0.354 e. The number of hydrogen-bond acceptors (Lipinski definition) is 4. The summed E-state index contributed by atoms with van der Waals surface area (Å²) in [7, 11) is -1.11. The number of nitrogens with zero attached hydrogens (tertiary/aromatic N) is 3. The Morgan fingerprint density at radius 3 is 2.08 bits per heavy atom. The van der Waals surface area contributed by atoms with Crippen molar-refractivity contribution in [2.24, 2.45) is 5.92 Å². The molecule has 8 nitrogen and oxygen atoms in total. The van der Waals surface area contributed by atoms with Crippen LogP contribution in [0.4, 0.5) is 5.69 Å². The molecule has 2 rings (SSSR count). The number of rotatable bonds is 12. The van der Waals surface area contributed by atoms with Gasteiger partial charge in [-0.2, -0.15) is 12.7 Å². The maximum atomic E-state index is 13.9. The SMILES string of the molecule is CC[C@@H](C(=O)NCC(C)C)N(Cc1ccc(C)cc1)C(=O)CN(c1cc(C)ccc1C)S(=O)(=O)N(C)C. The number of amides is 2. The molecule has 0 unspecified atom stereocenters. The normalized spacial score (nSPS) is 12.5. The van der Waals surface area contributed by atoms with E-state index in [1.807, 2.05) is 77.9 Å². The molecule has 2 aromatic carbocycles.